The van der Waals surface area contributed by atoms with Crippen molar-refractivity contribution in [2.45, 2.75) is 93.8 Å². The highest BCUT2D eigenvalue weighted by molar-refractivity contribution is 5.90. The van der Waals surface area contributed by atoms with Crippen molar-refractivity contribution in [3.8, 4) is 5.75 Å². The number of nitrogens with zero attached hydrogens (tertiary/aromatic N) is 1. The van der Waals surface area contributed by atoms with Gasteiger partial charge in [0.05, 0.1) is 36.9 Å². The van der Waals surface area contributed by atoms with E-state index in [1.54, 1.807) is 6.08 Å². The predicted molar refractivity (Wildman–Crippen MR) is 148 cm³/mol. The number of nitrogens with one attached hydrogen (secondary N) is 1. The number of ether oxygens (including phenoxy) is 3. The zero-order valence-electron chi connectivity index (χ0n) is 24.4. The fraction of sp³-hybridized carbons (Fsp3) is 0.567. The molecule has 6 atom stereocenters. The normalized spacial score (nSPS) is 27.9. The first-order valence-corrected chi connectivity index (χ1v) is 14.5. The minimum Gasteiger partial charge on any atom is -0.481 e. The van der Waals surface area contributed by atoms with Crippen LogP contribution in [0, 0.1) is 0 Å². The van der Waals surface area contributed by atoms with Crippen molar-refractivity contribution in [3.05, 3.63) is 40.7 Å². The van der Waals surface area contributed by atoms with Gasteiger partial charge in [0.1, 0.15) is 17.6 Å². The van der Waals surface area contributed by atoms with Crippen molar-refractivity contribution in [2.24, 2.45) is 0 Å². The Balaban J connectivity index is 1.26. The molecule has 1 amide bonds. The number of carboxylic acids is 2. The van der Waals surface area contributed by atoms with Gasteiger partial charge in [-0.05, 0) is 51.4 Å². The molecule has 1 aromatic carbocycles. The molecule has 44 heavy (non-hydrogen) atoms. The summed E-state index contributed by atoms with van der Waals surface area (Å²) in [4.78, 5) is 61.7. The maximum atomic E-state index is 12.9. The average molecular weight is 617 g/mol. The number of esters is 2. The van der Waals surface area contributed by atoms with Crippen molar-refractivity contribution in [1.29, 1.82) is 0 Å². The van der Waals surface area contributed by atoms with Gasteiger partial charge in [0, 0.05) is 23.6 Å². The molecule has 1 fully saturated rings. The summed E-state index contributed by atoms with van der Waals surface area (Å²) < 4.78 is 17.2. The lowest BCUT2D eigenvalue weighted by Gasteiger charge is -2.56. The maximum Gasteiger partial charge on any atom is 0.326 e. The van der Waals surface area contributed by atoms with Gasteiger partial charge in [0.25, 0.3) is 5.91 Å². The number of benzene rings is 1. The molecule has 4 aliphatic rings. The highest BCUT2D eigenvalue weighted by Crippen LogP contribution is 2.64. The second kappa shape index (κ2) is 11.8. The van der Waals surface area contributed by atoms with Gasteiger partial charge in [-0.15, -0.1) is 0 Å². The minimum atomic E-state index is -1.71. The number of likely N-dealkylation sites (tertiary alicyclic amines) is 1. The van der Waals surface area contributed by atoms with Crippen LogP contribution in [0.2, 0.25) is 0 Å². The number of aliphatic hydroxyl groups is 2. The number of hydrogen-bond donors (Lipinski definition) is 5. The molecule has 2 bridgehead atoms. The summed E-state index contributed by atoms with van der Waals surface area (Å²) in [5.74, 6) is -4.97. The summed E-state index contributed by atoms with van der Waals surface area (Å²) in [6, 6.07) is 1.87. The van der Waals surface area contributed by atoms with Crippen molar-refractivity contribution >= 4 is 29.8 Å². The molecule has 1 saturated heterocycles. The summed E-state index contributed by atoms with van der Waals surface area (Å²) in [7, 11) is 1.99. The molecule has 1 spiro atoms. The topological polar surface area (TPSA) is 209 Å². The minimum absolute atomic E-state index is 0.202. The van der Waals surface area contributed by atoms with Gasteiger partial charge < -0.3 is 44.9 Å². The molecule has 2 aliphatic heterocycles. The number of amides is 1. The van der Waals surface area contributed by atoms with E-state index in [0.29, 0.717) is 24.2 Å². The number of rotatable bonds is 11. The van der Waals surface area contributed by atoms with Crippen molar-refractivity contribution in [3.63, 3.8) is 0 Å². The van der Waals surface area contributed by atoms with Gasteiger partial charge in [-0.2, -0.15) is 0 Å². The van der Waals surface area contributed by atoms with Crippen LogP contribution < -0.4 is 10.1 Å². The molecule has 14 nitrogen and oxygen atoms in total. The Morgan fingerprint density at radius 2 is 1.89 bits per heavy atom. The van der Waals surface area contributed by atoms with E-state index >= 15 is 0 Å². The van der Waals surface area contributed by atoms with Crippen LogP contribution in [0.1, 0.15) is 62.1 Å². The summed E-state index contributed by atoms with van der Waals surface area (Å²) in [5, 5.41) is 42.3. The Labute approximate surface area is 252 Å². The number of carbonyl (C=O) groups excluding carboxylic acids is 3. The van der Waals surface area contributed by atoms with E-state index in [9.17, 15) is 34.2 Å². The Morgan fingerprint density at radius 3 is 2.57 bits per heavy atom. The number of aliphatic carboxylic acids is 2. The van der Waals surface area contributed by atoms with Gasteiger partial charge in [0.2, 0.25) is 0 Å². The molecule has 0 aromatic heterocycles. The molecule has 2 heterocycles. The van der Waals surface area contributed by atoms with E-state index in [1.807, 2.05) is 24.5 Å². The van der Waals surface area contributed by atoms with E-state index < -0.39 is 78.3 Å². The molecule has 14 heteroatoms. The van der Waals surface area contributed by atoms with E-state index in [2.05, 4.69) is 4.90 Å². The number of hydrogen-bond acceptors (Lipinski definition) is 11. The summed E-state index contributed by atoms with van der Waals surface area (Å²) in [6.07, 6.45) is -0.187. The third-order valence-corrected chi connectivity index (χ3v) is 9.28. The number of aliphatic hydroxyl groups excluding tert-OH is 1. The lowest BCUT2D eigenvalue weighted by molar-refractivity contribution is -0.158. The summed E-state index contributed by atoms with van der Waals surface area (Å²) >= 11 is 0. The molecular formula is C30H36N2O12. The van der Waals surface area contributed by atoms with Crippen molar-refractivity contribution in [1.82, 2.24) is 10.2 Å². The monoisotopic (exact) mass is 616 g/mol. The Hall–Kier alpha value is -4.01. The van der Waals surface area contributed by atoms with Gasteiger partial charge in [-0.1, -0.05) is 12.1 Å². The second-order valence-corrected chi connectivity index (χ2v) is 11.9. The highest BCUT2D eigenvalue weighted by atomic mass is 16.6. The molecule has 0 saturated carbocycles. The van der Waals surface area contributed by atoms with Gasteiger partial charge >= 0.3 is 23.9 Å². The van der Waals surface area contributed by atoms with Gasteiger partial charge in [0.15, 0.2) is 12.2 Å². The van der Waals surface area contributed by atoms with E-state index in [-0.39, 0.29) is 24.8 Å². The largest absolute Gasteiger partial charge is 0.481 e. The van der Waals surface area contributed by atoms with Crippen LogP contribution in [0.4, 0.5) is 0 Å². The molecular weight excluding hydrogens is 580 g/mol. The Morgan fingerprint density at radius 1 is 1.16 bits per heavy atom. The fourth-order valence-corrected chi connectivity index (χ4v) is 7.25. The molecule has 0 unspecified atom stereocenters. The van der Waals surface area contributed by atoms with Crippen LogP contribution >= 0.6 is 0 Å². The SMILES string of the molecule is C[C@H](OC(=O)CCC(=O)OC1=CC[C@@]2(O)[C@H]3Cc4ccc(CO)c5c4[C@@]2(CCCN3C)[C@H]1O5)C(=O)N[C@H](CC(=O)O)C(=O)O. The van der Waals surface area contributed by atoms with Crippen molar-refractivity contribution in [2.75, 3.05) is 13.6 Å². The lowest BCUT2D eigenvalue weighted by Crippen LogP contribution is -2.69. The van der Waals surface area contributed by atoms with E-state index in [1.165, 1.54) is 6.92 Å². The quantitative estimate of drug-likeness (QED) is 0.210. The average Bonchev–Trinajstić information content (AvgIpc) is 3.30. The third kappa shape index (κ3) is 5.20. The number of carboxylic acid groups (broad SMARTS) is 2. The van der Waals surface area contributed by atoms with Crippen LogP contribution in [0.3, 0.4) is 0 Å². The van der Waals surface area contributed by atoms with Crippen LogP contribution in [-0.2, 0) is 51.9 Å². The Bertz CT molecular complexity index is 1420. The smallest absolute Gasteiger partial charge is 0.326 e. The van der Waals surface area contributed by atoms with Crippen molar-refractivity contribution < 1.29 is 58.6 Å². The number of likely N-dealkylation sites (N-methyl/N-ethyl adjacent to an activating group) is 1. The zero-order chi connectivity index (χ0) is 32.0. The first-order valence-electron chi connectivity index (χ1n) is 14.5. The molecule has 5 N–H and O–H groups in total. The van der Waals surface area contributed by atoms with Gasteiger partial charge in [-0.25, -0.2) is 4.79 Å². The standard InChI is InChI=1S/C30H36N2O12/c1-15(27(38)31-18(28(39)40)13-21(34)35)42-22(36)6-7-23(37)43-19-8-10-30(41)20-12-16-4-5-17(14-33)25-24(16)29(30,26(19)44-25)9-3-11-32(20)2/h4-5,8,15,18,20,26,33,41H,3,6-7,9-14H2,1-2H3,(H,31,38)(H,34,35)(H,39,40)/t15-,18+,20+,26-,29-,30+/m0/s1. The first-order chi connectivity index (χ1) is 20.8. The molecule has 238 valence electrons. The summed E-state index contributed by atoms with van der Waals surface area (Å²) in [6.45, 7) is 1.69. The maximum absolute atomic E-state index is 12.9. The molecule has 0 radical (unpaired) electrons. The lowest BCUT2D eigenvalue weighted by atomic mass is 9.52. The second-order valence-electron chi connectivity index (χ2n) is 11.9. The van der Waals surface area contributed by atoms with Gasteiger partial charge in [-0.3, -0.25) is 19.2 Å². The molecule has 1 aromatic rings. The van der Waals surface area contributed by atoms with Crippen LogP contribution in [0.25, 0.3) is 0 Å². The number of carbonyl (C=O) groups is 5. The van der Waals surface area contributed by atoms with E-state index in [4.69, 9.17) is 24.4 Å². The fourth-order valence-electron chi connectivity index (χ4n) is 7.25. The molecule has 5 rings (SSSR count). The highest BCUT2D eigenvalue weighted by Gasteiger charge is 2.70. The third-order valence-electron chi connectivity index (χ3n) is 9.28. The van der Waals surface area contributed by atoms with Crippen LogP contribution in [-0.4, -0.2) is 98.6 Å². The van der Waals surface area contributed by atoms with E-state index in [0.717, 1.165) is 24.1 Å². The summed E-state index contributed by atoms with van der Waals surface area (Å²) in [5.41, 5.74) is 0.339. The first kappa shape index (κ1) is 31.4. The predicted octanol–water partition coefficient (Wildman–Crippen LogP) is 0.146. The zero-order valence-corrected chi connectivity index (χ0v) is 24.4. The van der Waals surface area contributed by atoms with Crippen LogP contribution in [0.5, 0.6) is 5.75 Å². The Kier molecular flexibility index (Phi) is 8.44. The molecule has 2 aliphatic carbocycles. The van der Waals surface area contributed by atoms with Crippen LogP contribution in [0.15, 0.2) is 24.0 Å².